The number of para-hydroxylation sites is 1. The number of unbranched alkanes of at least 4 members (excludes halogenated alkanes) is 10. The summed E-state index contributed by atoms with van der Waals surface area (Å²) in [6, 6.07) is 10.8. The van der Waals surface area contributed by atoms with Crippen LogP contribution in [0, 0.1) is 0 Å². The number of phenols is 1. The molecule has 0 spiro atoms. The van der Waals surface area contributed by atoms with Crippen molar-refractivity contribution in [2.45, 2.75) is 88.9 Å². The molecule has 0 aliphatic carbocycles. The van der Waals surface area contributed by atoms with Gasteiger partial charge in [-0.2, -0.15) is 8.42 Å². The molecule has 0 saturated carbocycles. The van der Waals surface area contributed by atoms with Gasteiger partial charge in [0, 0.05) is 0 Å². The molecule has 0 heterocycles. The highest BCUT2D eigenvalue weighted by molar-refractivity contribution is 7.86. The maximum absolute atomic E-state index is 11.5. The Bertz CT molecular complexity index is 893. The van der Waals surface area contributed by atoms with Gasteiger partial charge < -0.3 is 9.84 Å². The van der Waals surface area contributed by atoms with E-state index in [-0.39, 0.29) is 16.4 Å². The summed E-state index contributed by atoms with van der Waals surface area (Å²) in [7, 11) is -4.38. The Morgan fingerprint density at radius 3 is 2.00 bits per heavy atom. The van der Waals surface area contributed by atoms with E-state index in [1.54, 1.807) is 24.3 Å². The molecule has 2 aromatic rings. The van der Waals surface area contributed by atoms with Crippen LogP contribution in [0.4, 0.5) is 0 Å². The van der Waals surface area contributed by atoms with Crippen molar-refractivity contribution in [1.29, 1.82) is 0 Å². The Kier molecular flexibility index (Phi) is 10.9. The van der Waals surface area contributed by atoms with Crippen molar-refractivity contribution in [3.63, 3.8) is 0 Å². The van der Waals surface area contributed by atoms with Crippen LogP contribution in [0.2, 0.25) is 0 Å². The standard InChI is InChI=1S/C25H36O5S/c1-2-3-4-5-6-7-8-9-10-11-12-15-21-20-22(18-19-23(21)26)30-24-16-13-14-17-25(24)31(27,28)29/h13-14,16-20,26H,2-12,15H2,1H3,(H,27,28,29). The smallest absolute Gasteiger partial charge is 0.298 e. The summed E-state index contributed by atoms with van der Waals surface area (Å²) >= 11 is 0. The van der Waals surface area contributed by atoms with Crippen LogP contribution in [0.1, 0.15) is 83.1 Å². The van der Waals surface area contributed by atoms with Gasteiger partial charge in [-0.05, 0) is 48.7 Å². The minimum absolute atomic E-state index is 0.0522. The first-order chi connectivity index (χ1) is 14.9. The quantitative estimate of drug-likeness (QED) is 0.221. The SMILES string of the molecule is CCCCCCCCCCCCCc1cc(Oc2ccccc2S(=O)(=O)O)ccc1O. The third kappa shape index (κ3) is 9.32. The number of hydrogen-bond acceptors (Lipinski definition) is 4. The predicted molar refractivity (Wildman–Crippen MR) is 125 cm³/mol. The largest absolute Gasteiger partial charge is 0.508 e. The van der Waals surface area contributed by atoms with Gasteiger partial charge in [0.1, 0.15) is 22.1 Å². The molecule has 0 saturated heterocycles. The first-order valence-electron chi connectivity index (χ1n) is 11.5. The number of hydrogen-bond donors (Lipinski definition) is 2. The molecule has 0 aliphatic rings. The lowest BCUT2D eigenvalue weighted by Crippen LogP contribution is -2.01. The van der Waals surface area contributed by atoms with Crippen LogP contribution in [0.3, 0.4) is 0 Å². The maximum Gasteiger partial charge on any atom is 0.298 e. The topological polar surface area (TPSA) is 83.8 Å². The van der Waals surface area contributed by atoms with E-state index < -0.39 is 10.1 Å². The van der Waals surface area contributed by atoms with Crippen molar-refractivity contribution in [3.05, 3.63) is 48.0 Å². The molecule has 5 nitrogen and oxygen atoms in total. The van der Waals surface area contributed by atoms with Gasteiger partial charge in [0.2, 0.25) is 0 Å². The predicted octanol–water partition coefficient (Wildman–Crippen LogP) is 7.28. The van der Waals surface area contributed by atoms with Crippen LogP contribution in [0.15, 0.2) is 47.4 Å². The van der Waals surface area contributed by atoms with E-state index >= 15 is 0 Å². The molecular formula is C25H36O5S. The average molecular weight is 449 g/mol. The van der Waals surface area contributed by atoms with Gasteiger partial charge in [0.15, 0.2) is 0 Å². The van der Waals surface area contributed by atoms with Gasteiger partial charge in [0.25, 0.3) is 10.1 Å². The molecule has 0 bridgehead atoms. The molecule has 31 heavy (non-hydrogen) atoms. The monoisotopic (exact) mass is 448 g/mol. The Morgan fingerprint density at radius 1 is 0.806 bits per heavy atom. The van der Waals surface area contributed by atoms with E-state index in [0.717, 1.165) is 24.8 Å². The number of phenolic OH excluding ortho intramolecular Hbond substituents is 1. The molecule has 0 unspecified atom stereocenters. The van der Waals surface area contributed by atoms with Gasteiger partial charge in [-0.3, -0.25) is 4.55 Å². The summed E-state index contributed by atoms with van der Waals surface area (Å²) in [4.78, 5) is -0.282. The highest BCUT2D eigenvalue weighted by Gasteiger charge is 2.16. The summed E-state index contributed by atoms with van der Waals surface area (Å²) < 4.78 is 38.1. The van der Waals surface area contributed by atoms with Crippen LogP contribution in [-0.2, 0) is 16.5 Å². The summed E-state index contributed by atoms with van der Waals surface area (Å²) in [6.45, 7) is 2.24. The molecule has 0 radical (unpaired) electrons. The van der Waals surface area contributed by atoms with Crippen LogP contribution in [0.5, 0.6) is 17.2 Å². The first-order valence-corrected chi connectivity index (χ1v) is 12.9. The third-order valence-electron chi connectivity index (χ3n) is 5.46. The number of aryl methyl sites for hydroxylation is 1. The zero-order valence-electron chi connectivity index (χ0n) is 18.6. The lowest BCUT2D eigenvalue weighted by Gasteiger charge is -2.11. The van der Waals surface area contributed by atoms with Gasteiger partial charge in [-0.15, -0.1) is 0 Å². The number of benzene rings is 2. The Balaban J connectivity index is 1.77. The number of aromatic hydroxyl groups is 1. The normalized spacial score (nSPS) is 11.5. The molecule has 0 amide bonds. The summed E-state index contributed by atoms with van der Waals surface area (Å²) in [5.41, 5.74) is 0.776. The fourth-order valence-electron chi connectivity index (χ4n) is 3.68. The molecular weight excluding hydrogens is 412 g/mol. The molecule has 0 atom stereocenters. The van der Waals surface area contributed by atoms with E-state index in [2.05, 4.69) is 6.92 Å². The van der Waals surface area contributed by atoms with Crippen molar-refractivity contribution in [2.75, 3.05) is 0 Å². The zero-order valence-corrected chi connectivity index (χ0v) is 19.4. The van der Waals surface area contributed by atoms with E-state index in [4.69, 9.17) is 4.74 Å². The zero-order chi connectivity index (χ0) is 22.5. The Hall–Kier alpha value is -2.05. The number of ether oxygens (including phenoxy) is 1. The van der Waals surface area contributed by atoms with Crippen LogP contribution in [-0.4, -0.2) is 18.1 Å². The summed E-state index contributed by atoms with van der Waals surface area (Å²) in [5, 5.41) is 10.2. The van der Waals surface area contributed by atoms with Crippen molar-refractivity contribution in [3.8, 4) is 17.2 Å². The second-order valence-electron chi connectivity index (χ2n) is 8.10. The number of rotatable bonds is 15. The van der Waals surface area contributed by atoms with Crippen LogP contribution in [0.25, 0.3) is 0 Å². The molecule has 0 fully saturated rings. The van der Waals surface area contributed by atoms with Crippen molar-refractivity contribution in [1.82, 2.24) is 0 Å². The molecule has 0 aromatic heterocycles. The van der Waals surface area contributed by atoms with E-state index in [1.165, 1.54) is 76.0 Å². The second-order valence-corrected chi connectivity index (χ2v) is 9.49. The van der Waals surface area contributed by atoms with Gasteiger partial charge in [-0.25, -0.2) is 0 Å². The fourth-order valence-corrected chi connectivity index (χ4v) is 4.29. The van der Waals surface area contributed by atoms with Crippen molar-refractivity contribution >= 4 is 10.1 Å². The Labute approximate surface area is 187 Å². The fraction of sp³-hybridized carbons (Fsp3) is 0.520. The van der Waals surface area contributed by atoms with Gasteiger partial charge in [0.05, 0.1) is 0 Å². The van der Waals surface area contributed by atoms with Gasteiger partial charge in [-0.1, -0.05) is 83.3 Å². The molecule has 2 rings (SSSR count). The van der Waals surface area contributed by atoms with E-state index in [9.17, 15) is 18.1 Å². The third-order valence-corrected chi connectivity index (χ3v) is 6.35. The highest BCUT2D eigenvalue weighted by atomic mass is 32.2. The summed E-state index contributed by atoms with van der Waals surface area (Å²) in [6.07, 6.45) is 14.6. The van der Waals surface area contributed by atoms with E-state index in [0.29, 0.717) is 5.75 Å². The van der Waals surface area contributed by atoms with E-state index in [1.807, 2.05) is 0 Å². The minimum atomic E-state index is -4.38. The second kappa shape index (κ2) is 13.4. The highest BCUT2D eigenvalue weighted by Crippen LogP contribution is 2.31. The van der Waals surface area contributed by atoms with Crippen molar-refractivity contribution < 1.29 is 22.8 Å². The Morgan fingerprint density at radius 2 is 1.39 bits per heavy atom. The minimum Gasteiger partial charge on any atom is -0.508 e. The molecule has 2 N–H and O–H groups in total. The molecule has 6 heteroatoms. The van der Waals surface area contributed by atoms with Crippen LogP contribution >= 0.6 is 0 Å². The average Bonchev–Trinajstić information content (AvgIpc) is 2.73. The first kappa shape index (κ1) is 25.2. The molecule has 2 aromatic carbocycles. The van der Waals surface area contributed by atoms with Crippen molar-refractivity contribution in [2.24, 2.45) is 0 Å². The molecule has 172 valence electrons. The lowest BCUT2D eigenvalue weighted by atomic mass is 10.0. The maximum atomic E-state index is 11.5. The lowest BCUT2D eigenvalue weighted by molar-refractivity contribution is 0.442. The van der Waals surface area contributed by atoms with Gasteiger partial charge >= 0.3 is 0 Å². The summed E-state index contributed by atoms with van der Waals surface area (Å²) in [5.74, 6) is 0.686. The molecule has 0 aliphatic heterocycles. The van der Waals surface area contributed by atoms with Crippen LogP contribution < -0.4 is 4.74 Å².